The zero-order chi connectivity index (χ0) is 7.40. The zero-order valence-electron chi connectivity index (χ0n) is 5.66. The van der Waals surface area contributed by atoms with Crippen LogP contribution >= 0.6 is 11.3 Å². The number of carbonyl (C=O) groups excluding carboxylic acids is 1. The van der Waals surface area contributed by atoms with Crippen LogP contribution in [0.5, 0.6) is 0 Å². The van der Waals surface area contributed by atoms with Gasteiger partial charge in [0, 0.05) is 10.4 Å². The van der Waals surface area contributed by atoms with E-state index in [2.05, 4.69) is 4.74 Å². The van der Waals surface area contributed by atoms with Crippen molar-refractivity contribution >= 4 is 17.8 Å². The Morgan fingerprint density at radius 3 is 3.10 bits per heavy atom. The topological polar surface area (TPSA) is 26.3 Å². The molecule has 0 N–H and O–H groups in total. The summed E-state index contributed by atoms with van der Waals surface area (Å²) in [5, 5.41) is 1.98. The zero-order valence-corrected chi connectivity index (χ0v) is 6.48. The molecule has 54 valence electrons. The van der Waals surface area contributed by atoms with Gasteiger partial charge in [-0.3, -0.25) is 4.79 Å². The van der Waals surface area contributed by atoms with Gasteiger partial charge >= 0.3 is 0 Å². The Bertz CT molecular complexity index is 217. The van der Waals surface area contributed by atoms with Crippen LogP contribution in [0, 0.1) is 6.92 Å². The Morgan fingerprint density at radius 1 is 1.80 bits per heavy atom. The summed E-state index contributed by atoms with van der Waals surface area (Å²) in [5.41, 5.74) is 1.06. The molecule has 0 bridgehead atoms. The van der Waals surface area contributed by atoms with Gasteiger partial charge < -0.3 is 4.74 Å². The highest BCUT2D eigenvalue weighted by atomic mass is 32.1. The summed E-state index contributed by atoms with van der Waals surface area (Å²) in [6.07, 6.45) is 0. The van der Waals surface area contributed by atoms with Crippen LogP contribution in [0.15, 0.2) is 11.4 Å². The molecule has 0 saturated heterocycles. The van der Waals surface area contributed by atoms with Crippen molar-refractivity contribution in [3.05, 3.63) is 21.9 Å². The standard InChI is InChI=1S/C7H8O2S/c1-6-2-7(4-10-6)3-9-5-8/h2,4-5H,3H2,1H3. The summed E-state index contributed by atoms with van der Waals surface area (Å²) in [6.45, 7) is 2.88. The summed E-state index contributed by atoms with van der Waals surface area (Å²) >= 11 is 1.66. The van der Waals surface area contributed by atoms with E-state index in [0.29, 0.717) is 13.1 Å². The van der Waals surface area contributed by atoms with Crippen molar-refractivity contribution in [3.63, 3.8) is 0 Å². The Morgan fingerprint density at radius 2 is 2.60 bits per heavy atom. The third kappa shape index (κ3) is 1.84. The van der Waals surface area contributed by atoms with Crippen LogP contribution in [0.3, 0.4) is 0 Å². The van der Waals surface area contributed by atoms with Gasteiger partial charge in [0.2, 0.25) is 0 Å². The molecule has 2 nitrogen and oxygen atoms in total. The molecule has 0 saturated carbocycles. The van der Waals surface area contributed by atoms with Gasteiger partial charge in [-0.05, 0) is 18.4 Å². The largest absolute Gasteiger partial charge is 0.463 e. The second-order valence-corrected chi connectivity index (χ2v) is 3.09. The number of rotatable bonds is 3. The Kier molecular flexibility index (Phi) is 2.45. The fourth-order valence-electron chi connectivity index (χ4n) is 0.704. The molecule has 10 heavy (non-hydrogen) atoms. The molecule has 0 fully saturated rings. The molecule has 0 amide bonds. The molecule has 0 unspecified atom stereocenters. The molecule has 0 aliphatic carbocycles. The van der Waals surface area contributed by atoms with Gasteiger partial charge in [0.05, 0.1) is 0 Å². The van der Waals surface area contributed by atoms with Crippen LogP contribution in [0.4, 0.5) is 0 Å². The lowest BCUT2D eigenvalue weighted by Gasteiger charge is -1.91. The number of aryl methyl sites for hydroxylation is 1. The molecular weight excluding hydrogens is 148 g/mol. The van der Waals surface area contributed by atoms with E-state index in [0.717, 1.165) is 5.56 Å². The molecule has 0 aliphatic rings. The number of ether oxygens (including phenoxy) is 1. The van der Waals surface area contributed by atoms with E-state index in [4.69, 9.17) is 0 Å². The van der Waals surface area contributed by atoms with Crippen LogP contribution in [0.2, 0.25) is 0 Å². The van der Waals surface area contributed by atoms with Gasteiger partial charge in [-0.2, -0.15) is 0 Å². The lowest BCUT2D eigenvalue weighted by atomic mass is 10.3. The molecule has 1 heterocycles. The molecule has 1 aromatic rings. The number of hydrogen-bond acceptors (Lipinski definition) is 3. The maximum absolute atomic E-state index is 9.77. The van der Waals surface area contributed by atoms with E-state index in [9.17, 15) is 4.79 Å². The van der Waals surface area contributed by atoms with Crippen molar-refractivity contribution in [1.29, 1.82) is 0 Å². The van der Waals surface area contributed by atoms with E-state index in [1.807, 2.05) is 18.4 Å². The van der Waals surface area contributed by atoms with E-state index in [1.54, 1.807) is 11.3 Å². The summed E-state index contributed by atoms with van der Waals surface area (Å²) in [5.74, 6) is 0. The van der Waals surface area contributed by atoms with E-state index < -0.39 is 0 Å². The summed E-state index contributed by atoms with van der Waals surface area (Å²) in [4.78, 5) is 11.0. The lowest BCUT2D eigenvalue weighted by molar-refractivity contribution is -0.129. The van der Waals surface area contributed by atoms with Crippen molar-refractivity contribution in [2.24, 2.45) is 0 Å². The third-order valence-corrected chi connectivity index (χ3v) is 2.01. The van der Waals surface area contributed by atoms with E-state index >= 15 is 0 Å². The SMILES string of the molecule is Cc1cc(COC=O)cs1. The molecule has 0 radical (unpaired) electrons. The van der Waals surface area contributed by atoms with Gasteiger partial charge in [-0.25, -0.2) is 0 Å². The molecule has 0 aromatic carbocycles. The van der Waals surface area contributed by atoms with Crippen molar-refractivity contribution in [1.82, 2.24) is 0 Å². The normalized spacial score (nSPS) is 9.30. The highest BCUT2D eigenvalue weighted by molar-refractivity contribution is 7.10. The van der Waals surface area contributed by atoms with Crippen LogP contribution in [0.1, 0.15) is 10.4 Å². The Labute approximate surface area is 63.4 Å². The molecule has 1 rings (SSSR count). The number of hydrogen-bond donors (Lipinski definition) is 0. The van der Waals surface area contributed by atoms with E-state index in [1.165, 1.54) is 4.88 Å². The fraction of sp³-hybridized carbons (Fsp3) is 0.286. The quantitative estimate of drug-likeness (QED) is 0.623. The van der Waals surface area contributed by atoms with Crippen LogP contribution in [-0.2, 0) is 16.1 Å². The Balaban J connectivity index is 2.49. The molecular formula is C7H8O2S. The van der Waals surface area contributed by atoms with Crippen LogP contribution in [-0.4, -0.2) is 6.47 Å². The number of carbonyl (C=O) groups is 1. The average Bonchev–Trinajstić information content (AvgIpc) is 2.31. The van der Waals surface area contributed by atoms with Crippen molar-refractivity contribution in [2.45, 2.75) is 13.5 Å². The minimum Gasteiger partial charge on any atom is -0.463 e. The summed E-state index contributed by atoms with van der Waals surface area (Å²) in [7, 11) is 0. The molecule has 1 aromatic heterocycles. The molecule has 0 spiro atoms. The van der Waals surface area contributed by atoms with Gasteiger partial charge in [0.15, 0.2) is 0 Å². The smallest absolute Gasteiger partial charge is 0.293 e. The summed E-state index contributed by atoms with van der Waals surface area (Å²) in [6, 6.07) is 2.01. The van der Waals surface area contributed by atoms with Crippen molar-refractivity contribution < 1.29 is 9.53 Å². The predicted octanol–water partition coefficient (Wildman–Crippen LogP) is 1.73. The number of thiophene rings is 1. The fourth-order valence-corrected chi connectivity index (χ4v) is 1.40. The monoisotopic (exact) mass is 156 g/mol. The first-order valence-corrected chi connectivity index (χ1v) is 3.80. The van der Waals surface area contributed by atoms with Crippen molar-refractivity contribution in [2.75, 3.05) is 0 Å². The minimum absolute atomic E-state index is 0.397. The maximum Gasteiger partial charge on any atom is 0.293 e. The van der Waals surface area contributed by atoms with Crippen LogP contribution in [0.25, 0.3) is 0 Å². The van der Waals surface area contributed by atoms with Crippen LogP contribution < -0.4 is 0 Å². The van der Waals surface area contributed by atoms with E-state index in [-0.39, 0.29) is 0 Å². The Hall–Kier alpha value is -0.830. The third-order valence-electron chi connectivity index (χ3n) is 1.10. The van der Waals surface area contributed by atoms with Crippen molar-refractivity contribution in [3.8, 4) is 0 Å². The molecule has 0 aliphatic heterocycles. The molecule has 3 heteroatoms. The highest BCUT2D eigenvalue weighted by Crippen LogP contribution is 2.13. The average molecular weight is 156 g/mol. The first-order valence-electron chi connectivity index (χ1n) is 2.92. The first kappa shape index (κ1) is 7.28. The highest BCUT2D eigenvalue weighted by Gasteiger charge is 1.94. The maximum atomic E-state index is 9.77. The van der Waals surface area contributed by atoms with Gasteiger partial charge in [-0.1, -0.05) is 0 Å². The second kappa shape index (κ2) is 3.37. The minimum atomic E-state index is 0.397. The lowest BCUT2D eigenvalue weighted by Crippen LogP contribution is -1.86. The summed E-state index contributed by atoms with van der Waals surface area (Å²) < 4.78 is 4.56. The predicted molar refractivity (Wildman–Crippen MR) is 39.9 cm³/mol. The van der Waals surface area contributed by atoms with Gasteiger partial charge in [-0.15, -0.1) is 11.3 Å². The first-order chi connectivity index (χ1) is 4.83. The second-order valence-electron chi connectivity index (χ2n) is 1.97. The van der Waals surface area contributed by atoms with Gasteiger partial charge in [0.1, 0.15) is 6.61 Å². The van der Waals surface area contributed by atoms with Gasteiger partial charge in [0.25, 0.3) is 6.47 Å². The molecule has 0 atom stereocenters.